The molecule has 2 aromatic carbocycles. The van der Waals surface area contributed by atoms with E-state index in [9.17, 15) is 18.8 Å². The number of carbonyl (C=O) groups excluding carboxylic acids is 3. The van der Waals surface area contributed by atoms with Crippen LogP contribution in [0.1, 0.15) is 34.6 Å². The summed E-state index contributed by atoms with van der Waals surface area (Å²) in [4.78, 5) is 41.8. The number of benzene rings is 2. The summed E-state index contributed by atoms with van der Waals surface area (Å²) in [5, 5.41) is 0. The summed E-state index contributed by atoms with van der Waals surface area (Å²) in [6.07, 6.45) is -1.34. The molecule has 9 heteroatoms. The highest BCUT2D eigenvalue weighted by molar-refractivity contribution is 6.21. The molecule has 0 aliphatic carbocycles. The minimum atomic E-state index is -0.698. The van der Waals surface area contributed by atoms with Gasteiger partial charge in [-0.15, -0.1) is 0 Å². The van der Waals surface area contributed by atoms with E-state index in [0.717, 1.165) is 4.90 Å². The number of nitrogens with zero attached hydrogens (tertiary/aromatic N) is 3. The summed E-state index contributed by atoms with van der Waals surface area (Å²) in [5.74, 6) is -1.25. The average Bonchev–Trinajstić information content (AvgIpc) is 3.33. The maximum absolute atomic E-state index is 14.7. The van der Waals surface area contributed by atoms with E-state index in [-0.39, 0.29) is 13.1 Å². The predicted octanol–water partition coefficient (Wildman–Crippen LogP) is 3.31. The zero-order chi connectivity index (χ0) is 23.5. The van der Waals surface area contributed by atoms with Crippen LogP contribution in [0.25, 0.3) is 0 Å². The van der Waals surface area contributed by atoms with Gasteiger partial charge in [0.2, 0.25) is 0 Å². The third-order valence-electron chi connectivity index (χ3n) is 5.73. The lowest BCUT2D eigenvalue weighted by molar-refractivity contribution is 0.0558. The second-order valence-electron chi connectivity index (χ2n) is 7.62. The van der Waals surface area contributed by atoms with Gasteiger partial charge in [0.15, 0.2) is 0 Å². The Labute approximate surface area is 191 Å². The highest BCUT2D eigenvalue weighted by atomic mass is 19.1. The van der Waals surface area contributed by atoms with Crippen molar-refractivity contribution < 1.29 is 28.2 Å². The van der Waals surface area contributed by atoms with Gasteiger partial charge >= 0.3 is 6.09 Å². The second kappa shape index (κ2) is 9.58. The lowest BCUT2D eigenvalue weighted by Gasteiger charge is -2.29. The number of carbonyl (C=O) groups is 3. The number of ether oxygens (including phenoxy) is 2. The Kier molecular flexibility index (Phi) is 6.60. The Hall–Kier alpha value is -3.46. The summed E-state index contributed by atoms with van der Waals surface area (Å²) in [6.45, 7) is 6.35. The molecule has 2 fully saturated rings. The van der Waals surface area contributed by atoms with E-state index >= 15 is 0 Å². The number of fused-ring (bicyclic) bond motifs is 1. The molecule has 3 aliphatic heterocycles. The molecule has 8 nitrogen and oxygen atoms in total. The number of cyclic esters (lactones) is 1. The molecule has 174 valence electrons. The van der Waals surface area contributed by atoms with E-state index in [4.69, 9.17) is 9.47 Å². The van der Waals surface area contributed by atoms with Crippen LogP contribution in [0.2, 0.25) is 0 Å². The highest BCUT2D eigenvalue weighted by Crippen LogP contribution is 2.29. The molecule has 0 spiro atoms. The van der Waals surface area contributed by atoms with Crippen molar-refractivity contribution in [1.29, 1.82) is 0 Å². The number of imide groups is 1. The van der Waals surface area contributed by atoms with Crippen LogP contribution in [0, 0.1) is 5.82 Å². The van der Waals surface area contributed by atoms with E-state index in [2.05, 4.69) is 0 Å². The molecule has 2 aromatic rings. The first-order chi connectivity index (χ1) is 16.0. The molecule has 1 atom stereocenters. The molecular formula is C24H26FN3O5. The van der Waals surface area contributed by atoms with E-state index in [1.165, 1.54) is 11.0 Å². The van der Waals surface area contributed by atoms with Crippen molar-refractivity contribution >= 4 is 29.3 Å². The van der Waals surface area contributed by atoms with Gasteiger partial charge in [-0.25, -0.2) is 9.18 Å². The molecule has 33 heavy (non-hydrogen) atoms. The summed E-state index contributed by atoms with van der Waals surface area (Å²) >= 11 is 0. The van der Waals surface area contributed by atoms with Crippen molar-refractivity contribution in [2.45, 2.75) is 20.0 Å². The van der Waals surface area contributed by atoms with E-state index in [1.54, 1.807) is 36.4 Å². The minimum Gasteiger partial charge on any atom is -0.442 e. The van der Waals surface area contributed by atoms with Gasteiger partial charge in [0.25, 0.3) is 11.8 Å². The minimum absolute atomic E-state index is 0.0526. The molecule has 3 aliphatic rings. The third-order valence-corrected chi connectivity index (χ3v) is 5.73. The number of hydrogen-bond acceptors (Lipinski definition) is 6. The first-order valence-electron chi connectivity index (χ1n) is 11.1. The number of hydrogen-bond donors (Lipinski definition) is 0. The number of morpholine rings is 1. The van der Waals surface area contributed by atoms with Crippen LogP contribution in [0.5, 0.6) is 0 Å². The van der Waals surface area contributed by atoms with E-state index < -0.39 is 29.8 Å². The van der Waals surface area contributed by atoms with E-state index in [1.807, 2.05) is 18.7 Å². The summed E-state index contributed by atoms with van der Waals surface area (Å²) in [5.41, 5.74) is 1.51. The summed E-state index contributed by atoms with van der Waals surface area (Å²) < 4.78 is 25.4. The number of anilines is 2. The van der Waals surface area contributed by atoms with Crippen LogP contribution in [0.4, 0.5) is 20.6 Å². The maximum Gasteiger partial charge on any atom is 0.414 e. The second-order valence-corrected chi connectivity index (χ2v) is 7.62. The van der Waals surface area contributed by atoms with Crippen molar-refractivity contribution in [3.63, 3.8) is 0 Å². The number of amides is 3. The molecule has 0 saturated carbocycles. The van der Waals surface area contributed by atoms with Crippen LogP contribution in [-0.2, 0) is 9.47 Å². The van der Waals surface area contributed by atoms with Gasteiger partial charge in [0, 0.05) is 13.1 Å². The van der Waals surface area contributed by atoms with Gasteiger partial charge in [0.05, 0.1) is 48.8 Å². The normalized spacial score (nSPS) is 19.9. The van der Waals surface area contributed by atoms with Gasteiger partial charge < -0.3 is 14.4 Å². The SMILES string of the molecule is CC.O=C1c2ccccc2C(=O)N1CC1CN(c2ccc(N3CCOCC3)c(F)c2)C(=O)O1. The van der Waals surface area contributed by atoms with Crippen LogP contribution in [0.3, 0.4) is 0 Å². The lowest BCUT2D eigenvalue weighted by Crippen LogP contribution is -2.38. The monoisotopic (exact) mass is 455 g/mol. The van der Waals surface area contributed by atoms with Gasteiger partial charge in [-0.3, -0.25) is 19.4 Å². The first kappa shape index (κ1) is 22.7. The largest absolute Gasteiger partial charge is 0.442 e. The Morgan fingerprint density at radius 3 is 2.21 bits per heavy atom. The maximum atomic E-state index is 14.7. The molecule has 2 saturated heterocycles. The fraction of sp³-hybridized carbons (Fsp3) is 0.375. The molecule has 0 aromatic heterocycles. The van der Waals surface area contributed by atoms with Gasteiger partial charge in [-0.2, -0.15) is 0 Å². The zero-order valence-electron chi connectivity index (χ0n) is 18.6. The molecule has 3 amide bonds. The fourth-order valence-electron chi connectivity index (χ4n) is 4.16. The number of rotatable bonds is 4. The van der Waals surface area contributed by atoms with Gasteiger partial charge in [-0.05, 0) is 30.3 Å². The van der Waals surface area contributed by atoms with E-state index in [0.29, 0.717) is 48.8 Å². The fourth-order valence-corrected chi connectivity index (χ4v) is 4.16. The van der Waals surface area contributed by atoms with Crippen molar-refractivity contribution in [1.82, 2.24) is 4.90 Å². The number of halogens is 1. The van der Waals surface area contributed by atoms with Crippen LogP contribution in [0.15, 0.2) is 42.5 Å². The van der Waals surface area contributed by atoms with Crippen LogP contribution < -0.4 is 9.80 Å². The molecule has 5 rings (SSSR count). The predicted molar refractivity (Wildman–Crippen MR) is 120 cm³/mol. The Balaban J connectivity index is 0.00000126. The molecule has 0 N–H and O–H groups in total. The van der Waals surface area contributed by atoms with Crippen LogP contribution >= 0.6 is 0 Å². The summed E-state index contributed by atoms with van der Waals surface area (Å²) in [7, 11) is 0. The molecular weight excluding hydrogens is 429 g/mol. The van der Waals surface area contributed by atoms with Crippen molar-refractivity contribution in [2.75, 3.05) is 49.2 Å². The molecule has 3 heterocycles. The molecule has 1 unspecified atom stereocenters. The van der Waals surface area contributed by atoms with Crippen molar-refractivity contribution in [3.8, 4) is 0 Å². The standard InChI is InChI=1S/C22H20FN3O5.C2H6/c23-18-11-14(5-6-19(18)24-7-9-30-10-8-24)25-12-15(31-22(25)29)13-26-20(27)16-3-1-2-4-17(16)21(26)28;1-2/h1-6,11,15H,7-10,12-13H2;1-2H3. The van der Waals surface area contributed by atoms with Crippen molar-refractivity contribution in [2.24, 2.45) is 0 Å². The average molecular weight is 455 g/mol. The smallest absolute Gasteiger partial charge is 0.414 e. The topological polar surface area (TPSA) is 79.4 Å². The van der Waals surface area contributed by atoms with Crippen LogP contribution in [-0.4, -0.2) is 68.3 Å². The highest BCUT2D eigenvalue weighted by Gasteiger charge is 2.40. The summed E-state index contributed by atoms with van der Waals surface area (Å²) in [6, 6.07) is 11.2. The van der Waals surface area contributed by atoms with Gasteiger partial charge in [0.1, 0.15) is 11.9 Å². The van der Waals surface area contributed by atoms with Crippen molar-refractivity contribution in [3.05, 3.63) is 59.4 Å². The zero-order valence-corrected chi connectivity index (χ0v) is 18.6. The third kappa shape index (κ3) is 4.28. The van der Waals surface area contributed by atoms with Gasteiger partial charge in [-0.1, -0.05) is 26.0 Å². The Bertz CT molecular complexity index is 1030. The molecule has 0 bridgehead atoms. The quantitative estimate of drug-likeness (QED) is 0.659. The molecule has 0 radical (unpaired) electrons. The first-order valence-corrected chi connectivity index (χ1v) is 11.1. The lowest BCUT2D eigenvalue weighted by atomic mass is 10.1. The Morgan fingerprint density at radius 1 is 0.970 bits per heavy atom. The Morgan fingerprint density at radius 2 is 1.61 bits per heavy atom.